The van der Waals surface area contributed by atoms with Gasteiger partial charge in [-0.25, -0.2) is 0 Å². The summed E-state index contributed by atoms with van der Waals surface area (Å²) in [5, 5.41) is 0. The van der Waals surface area contributed by atoms with Crippen molar-refractivity contribution in [3.63, 3.8) is 0 Å². The van der Waals surface area contributed by atoms with Crippen LogP contribution in [0.5, 0.6) is 0 Å². The fourth-order valence-corrected chi connectivity index (χ4v) is 3.00. The molecule has 1 aromatic carbocycles. The topological polar surface area (TPSA) is 40.1 Å². The second-order valence-corrected chi connectivity index (χ2v) is 5.79. The van der Waals surface area contributed by atoms with Gasteiger partial charge in [0.1, 0.15) is 0 Å². The molecular weight excluding hydrogens is 255 g/mol. The van der Waals surface area contributed by atoms with Crippen LogP contribution in [0.4, 0.5) is 0 Å². The van der Waals surface area contributed by atoms with E-state index in [1.165, 1.54) is 50.5 Å². The van der Waals surface area contributed by atoms with Crippen LogP contribution in [-0.4, -0.2) is 8.76 Å². The molecule has 0 saturated heterocycles. The van der Waals surface area contributed by atoms with Gasteiger partial charge in [0.25, 0.3) is 0 Å². The third-order valence-electron chi connectivity index (χ3n) is 3.65. The van der Waals surface area contributed by atoms with Gasteiger partial charge in [0.05, 0.1) is 0 Å². The zero-order valence-corrected chi connectivity index (χ0v) is 13.9. The minimum absolute atomic E-state index is 0. The van der Waals surface area contributed by atoms with Gasteiger partial charge in [-0.2, -0.15) is 0 Å². The Morgan fingerprint density at radius 1 is 0.944 bits per heavy atom. The first-order valence-electron chi connectivity index (χ1n) is 6.46. The van der Waals surface area contributed by atoms with Crippen LogP contribution in [-0.2, 0) is 11.1 Å². The average molecular weight is 274 g/mol. The Hall–Kier alpha value is 0.330. The van der Waals surface area contributed by atoms with Gasteiger partial charge >= 0.3 is 29.6 Å². The van der Waals surface area contributed by atoms with Crippen molar-refractivity contribution in [3.05, 3.63) is 29.8 Å². The van der Waals surface area contributed by atoms with Crippen molar-refractivity contribution in [1.29, 1.82) is 0 Å². The summed E-state index contributed by atoms with van der Waals surface area (Å²) in [6.07, 6.45) is 9.18. The predicted molar refractivity (Wildman–Crippen MR) is 68.7 cm³/mol. The van der Waals surface area contributed by atoms with Gasteiger partial charge in [-0.05, 0) is 47.5 Å². The molecule has 0 amide bonds. The Balaban J connectivity index is 0.00000162. The fourth-order valence-electron chi connectivity index (χ4n) is 2.64. The van der Waals surface area contributed by atoms with Crippen LogP contribution in [0.15, 0.2) is 29.2 Å². The van der Waals surface area contributed by atoms with Gasteiger partial charge in [-0.1, -0.05) is 44.2 Å². The summed E-state index contributed by atoms with van der Waals surface area (Å²) in [4.78, 5) is 0.389. The minimum Gasteiger partial charge on any atom is -0.768 e. The first-order valence-corrected chi connectivity index (χ1v) is 7.54. The van der Waals surface area contributed by atoms with E-state index in [9.17, 15) is 8.76 Å². The molecule has 0 spiro atoms. The van der Waals surface area contributed by atoms with Gasteiger partial charge in [0, 0.05) is 4.90 Å². The third kappa shape index (κ3) is 4.78. The first-order chi connectivity index (χ1) is 8.27. The van der Waals surface area contributed by atoms with E-state index in [0.717, 1.165) is 0 Å². The van der Waals surface area contributed by atoms with E-state index in [2.05, 4.69) is 0 Å². The monoisotopic (exact) mass is 274 g/mol. The molecule has 0 aromatic heterocycles. The van der Waals surface area contributed by atoms with Crippen LogP contribution in [0.2, 0.25) is 0 Å². The molecule has 0 aliphatic heterocycles. The molecule has 4 heteroatoms. The van der Waals surface area contributed by atoms with Crippen LogP contribution >= 0.6 is 0 Å². The molecule has 0 heterocycles. The van der Waals surface area contributed by atoms with Gasteiger partial charge in [-0.15, -0.1) is 0 Å². The summed E-state index contributed by atoms with van der Waals surface area (Å²) in [5.41, 5.74) is 1.31. The summed E-state index contributed by atoms with van der Waals surface area (Å²) in [6, 6.07) is 7.41. The van der Waals surface area contributed by atoms with Gasteiger partial charge in [0.15, 0.2) is 0 Å². The van der Waals surface area contributed by atoms with Gasteiger partial charge < -0.3 is 4.55 Å². The third-order valence-corrected chi connectivity index (χ3v) is 4.31. The van der Waals surface area contributed by atoms with E-state index in [-0.39, 0.29) is 29.6 Å². The summed E-state index contributed by atoms with van der Waals surface area (Å²) in [6.45, 7) is 0. The first kappa shape index (κ1) is 16.4. The molecule has 1 saturated carbocycles. The van der Waals surface area contributed by atoms with E-state index < -0.39 is 11.1 Å². The molecule has 18 heavy (non-hydrogen) atoms. The minimum atomic E-state index is -2.10. The van der Waals surface area contributed by atoms with Crippen LogP contribution in [0.3, 0.4) is 0 Å². The second kappa shape index (κ2) is 8.49. The quantitative estimate of drug-likeness (QED) is 0.590. The van der Waals surface area contributed by atoms with E-state index in [0.29, 0.717) is 10.8 Å². The molecular formula is C14H19NaO2S. The Labute approximate surface area is 134 Å². The van der Waals surface area contributed by atoms with Crippen LogP contribution in [0, 0.1) is 0 Å². The van der Waals surface area contributed by atoms with Crippen molar-refractivity contribution >= 4 is 11.1 Å². The zero-order valence-electron chi connectivity index (χ0n) is 11.1. The maximum atomic E-state index is 10.8. The molecule has 1 fully saturated rings. The van der Waals surface area contributed by atoms with E-state index in [4.69, 9.17) is 0 Å². The Bertz CT molecular complexity index is 370. The maximum Gasteiger partial charge on any atom is 1.00 e. The zero-order chi connectivity index (χ0) is 12.1. The Kier molecular flexibility index (Phi) is 7.73. The largest absolute Gasteiger partial charge is 1.00 e. The number of rotatable bonds is 2. The average Bonchev–Trinajstić information content (AvgIpc) is 2.29. The Morgan fingerprint density at radius 2 is 1.44 bits per heavy atom. The van der Waals surface area contributed by atoms with Crippen molar-refractivity contribution in [2.24, 2.45) is 0 Å². The van der Waals surface area contributed by atoms with Gasteiger partial charge in [0.2, 0.25) is 0 Å². The summed E-state index contributed by atoms with van der Waals surface area (Å²) in [7, 11) is 0. The fraction of sp³-hybridized carbons (Fsp3) is 0.571. The van der Waals surface area contributed by atoms with Crippen LogP contribution < -0.4 is 29.6 Å². The van der Waals surface area contributed by atoms with E-state index in [1.807, 2.05) is 12.1 Å². The normalized spacial score (nSPS) is 19.4. The molecule has 0 bridgehead atoms. The van der Waals surface area contributed by atoms with E-state index >= 15 is 0 Å². The molecule has 1 unspecified atom stereocenters. The molecule has 0 radical (unpaired) electrons. The summed E-state index contributed by atoms with van der Waals surface area (Å²) in [5.74, 6) is 0.629. The molecule has 1 aliphatic rings. The summed E-state index contributed by atoms with van der Waals surface area (Å²) >= 11 is -2.10. The summed E-state index contributed by atoms with van der Waals surface area (Å²) < 4.78 is 21.6. The molecule has 2 nitrogen and oxygen atoms in total. The molecule has 1 aromatic rings. The number of hydrogen-bond acceptors (Lipinski definition) is 2. The van der Waals surface area contributed by atoms with Crippen molar-refractivity contribution in [1.82, 2.24) is 0 Å². The molecule has 1 aliphatic carbocycles. The number of benzene rings is 1. The maximum absolute atomic E-state index is 10.8. The molecule has 1 atom stereocenters. The van der Waals surface area contributed by atoms with Crippen LogP contribution in [0.25, 0.3) is 0 Å². The Morgan fingerprint density at radius 3 is 1.94 bits per heavy atom. The SMILES string of the molecule is O=S([O-])c1ccc(C2CCCCCCC2)cc1.[Na+]. The van der Waals surface area contributed by atoms with Crippen molar-refractivity contribution in [2.45, 2.75) is 55.8 Å². The van der Waals surface area contributed by atoms with Crippen molar-refractivity contribution < 1.29 is 38.3 Å². The molecule has 94 valence electrons. The van der Waals surface area contributed by atoms with Gasteiger partial charge in [-0.3, -0.25) is 4.21 Å². The molecule has 0 N–H and O–H groups in total. The van der Waals surface area contributed by atoms with E-state index in [1.54, 1.807) is 12.1 Å². The second-order valence-electron chi connectivity index (χ2n) is 4.85. The smallest absolute Gasteiger partial charge is 0.768 e. The predicted octanol–water partition coefficient (Wildman–Crippen LogP) is 0.756. The van der Waals surface area contributed by atoms with Crippen molar-refractivity contribution in [3.8, 4) is 0 Å². The van der Waals surface area contributed by atoms with Crippen LogP contribution in [0.1, 0.15) is 56.4 Å². The number of hydrogen-bond donors (Lipinski definition) is 0. The standard InChI is InChI=1S/C14H20O2S.Na/c15-17(16)14-10-8-13(9-11-14)12-6-4-2-1-3-5-7-12;/h8-12H,1-7H2,(H,15,16);/q;+1/p-1. The molecule has 2 rings (SSSR count). The van der Waals surface area contributed by atoms with Crippen molar-refractivity contribution in [2.75, 3.05) is 0 Å².